The monoisotopic (exact) mass is 438 g/mol. The molecule has 0 aliphatic heterocycles. The largest absolute Gasteiger partial charge is 0.463 e. The van der Waals surface area contributed by atoms with Crippen LogP contribution >= 0.6 is 11.3 Å². The van der Waals surface area contributed by atoms with Crippen molar-refractivity contribution >= 4 is 40.2 Å². The third-order valence-corrected chi connectivity index (χ3v) is 5.25. The maximum absolute atomic E-state index is 12.8. The molecule has 4 aromatic rings. The summed E-state index contributed by atoms with van der Waals surface area (Å²) in [5.74, 6) is -1.52. The number of aromatic nitrogens is 3. The van der Waals surface area contributed by atoms with Gasteiger partial charge in [-0.1, -0.05) is 6.07 Å². The van der Waals surface area contributed by atoms with E-state index in [0.717, 1.165) is 0 Å². The Kier molecular flexibility index (Phi) is 5.63. The van der Waals surface area contributed by atoms with Gasteiger partial charge in [-0.15, -0.1) is 11.3 Å². The molecule has 4 rings (SSSR count). The van der Waals surface area contributed by atoms with Gasteiger partial charge in [-0.25, -0.2) is 14.5 Å². The highest BCUT2D eigenvalue weighted by Crippen LogP contribution is 2.27. The number of thiophene rings is 1. The molecule has 9 nitrogen and oxygen atoms in total. The van der Waals surface area contributed by atoms with Crippen molar-refractivity contribution in [3.63, 3.8) is 0 Å². The molecule has 0 saturated heterocycles. The molecule has 0 spiro atoms. The molecule has 31 heavy (non-hydrogen) atoms. The average Bonchev–Trinajstić information content (AvgIpc) is 3.51. The molecule has 0 fully saturated rings. The number of hydrogen-bond donors (Lipinski definition) is 1. The number of imide groups is 1. The van der Waals surface area contributed by atoms with Gasteiger partial charge in [0.1, 0.15) is 5.69 Å². The summed E-state index contributed by atoms with van der Waals surface area (Å²) in [6, 6.07) is 8.28. The van der Waals surface area contributed by atoms with E-state index in [0.29, 0.717) is 27.4 Å². The highest BCUT2D eigenvalue weighted by atomic mass is 32.1. The van der Waals surface area contributed by atoms with E-state index in [1.807, 2.05) is 13.8 Å². The van der Waals surface area contributed by atoms with E-state index in [1.54, 1.807) is 34.3 Å². The first kappa shape index (κ1) is 20.5. The number of fused-ring (bicyclic) bond motifs is 1. The fraction of sp³-hybridized carbons (Fsp3) is 0.190. The van der Waals surface area contributed by atoms with Crippen LogP contribution in [0.1, 0.15) is 39.9 Å². The molecule has 4 heterocycles. The zero-order chi connectivity index (χ0) is 22.0. The summed E-state index contributed by atoms with van der Waals surface area (Å²) in [5, 5.41) is 8.72. The van der Waals surface area contributed by atoms with E-state index in [-0.39, 0.29) is 11.6 Å². The van der Waals surface area contributed by atoms with Gasteiger partial charge in [0.15, 0.2) is 18.0 Å². The van der Waals surface area contributed by atoms with Crippen LogP contribution in [-0.2, 0) is 9.53 Å². The summed E-state index contributed by atoms with van der Waals surface area (Å²) in [7, 11) is 0. The van der Waals surface area contributed by atoms with E-state index < -0.39 is 24.4 Å². The maximum atomic E-state index is 12.8. The van der Waals surface area contributed by atoms with Crippen LogP contribution in [0.15, 0.2) is 52.6 Å². The lowest BCUT2D eigenvalue weighted by molar-refractivity contribution is -0.123. The molecule has 1 N–H and O–H groups in total. The van der Waals surface area contributed by atoms with Crippen LogP contribution in [-0.4, -0.2) is 39.2 Å². The van der Waals surface area contributed by atoms with Gasteiger partial charge in [0.05, 0.1) is 28.3 Å². The minimum absolute atomic E-state index is 0.00904. The molecular formula is C21H18N4O5S. The van der Waals surface area contributed by atoms with Crippen LogP contribution in [0, 0.1) is 0 Å². The zero-order valence-corrected chi connectivity index (χ0v) is 17.5. The minimum Gasteiger partial charge on any atom is -0.463 e. The number of nitrogens with one attached hydrogen (secondary N) is 1. The molecule has 0 aliphatic rings. The summed E-state index contributed by atoms with van der Waals surface area (Å²) < 4.78 is 12.3. The summed E-state index contributed by atoms with van der Waals surface area (Å²) >= 11 is 1.20. The maximum Gasteiger partial charge on any atom is 0.339 e. The van der Waals surface area contributed by atoms with Gasteiger partial charge < -0.3 is 9.15 Å². The molecule has 10 heteroatoms. The van der Waals surface area contributed by atoms with E-state index in [4.69, 9.17) is 9.15 Å². The number of amides is 2. The van der Waals surface area contributed by atoms with Crippen molar-refractivity contribution in [1.29, 1.82) is 0 Å². The van der Waals surface area contributed by atoms with Crippen molar-refractivity contribution in [3.8, 4) is 11.5 Å². The van der Waals surface area contributed by atoms with Crippen LogP contribution < -0.4 is 5.32 Å². The Bertz CT molecular complexity index is 1240. The smallest absolute Gasteiger partial charge is 0.339 e. The van der Waals surface area contributed by atoms with Crippen LogP contribution in [0.4, 0.5) is 0 Å². The van der Waals surface area contributed by atoms with Crippen molar-refractivity contribution < 1.29 is 23.5 Å². The zero-order valence-electron chi connectivity index (χ0n) is 16.7. The number of pyridine rings is 1. The number of furan rings is 1. The van der Waals surface area contributed by atoms with Gasteiger partial charge in [0.2, 0.25) is 0 Å². The summed E-state index contributed by atoms with van der Waals surface area (Å²) in [5.41, 5.74) is 1.12. The lowest BCUT2D eigenvalue weighted by atomic mass is 10.1. The van der Waals surface area contributed by atoms with Crippen molar-refractivity contribution in [2.45, 2.75) is 19.9 Å². The third kappa shape index (κ3) is 4.24. The lowest BCUT2D eigenvalue weighted by Gasteiger charge is -2.10. The van der Waals surface area contributed by atoms with Gasteiger partial charge in [-0.05, 0) is 43.5 Å². The highest BCUT2D eigenvalue weighted by molar-refractivity contribution is 7.12. The van der Waals surface area contributed by atoms with Gasteiger partial charge in [-0.3, -0.25) is 14.9 Å². The quantitative estimate of drug-likeness (QED) is 0.458. The molecule has 0 aliphatic carbocycles. The summed E-state index contributed by atoms with van der Waals surface area (Å²) in [6.45, 7) is 3.29. The van der Waals surface area contributed by atoms with Crippen LogP contribution in [0.3, 0.4) is 0 Å². The average molecular weight is 438 g/mol. The number of esters is 1. The number of hydrogen-bond acceptors (Lipinski definition) is 8. The molecule has 0 unspecified atom stereocenters. The second-order valence-corrected chi connectivity index (χ2v) is 7.83. The van der Waals surface area contributed by atoms with E-state index in [2.05, 4.69) is 15.4 Å². The van der Waals surface area contributed by atoms with Gasteiger partial charge >= 0.3 is 5.97 Å². The first-order valence-electron chi connectivity index (χ1n) is 9.41. The fourth-order valence-electron chi connectivity index (χ4n) is 2.96. The second kappa shape index (κ2) is 8.52. The van der Waals surface area contributed by atoms with E-state index >= 15 is 0 Å². The molecule has 0 atom stereocenters. The van der Waals surface area contributed by atoms with E-state index in [1.165, 1.54) is 29.9 Å². The van der Waals surface area contributed by atoms with Crippen molar-refractivity contribution in [2.75, 3.05) is 6.61 Å². The van der Waals surface area contributed by atoms with Crippen molar-refractivity contribution in [1.82, 2.24) is 20.1 Å². The Morgan fingerprint density at radius 2 is 2.10 bits per heavy atom. The molecule has 0 saturated carbocycles. The second-order valence-electron chi connectivity index (χ2n) is 6.88. The lowest BCUT2D eigenvalue weighted by Crippen LogP contribution is -2.33. The van der Waals surface area contributed by atoms with Crippen LogP contribution in [0.2, 0.25) is 0 Å². The van der Waals surface area contributed by atoms with Crippen molar-refractivity contribution in [3.05, 3.63) is 58.6 Å². The van der Waals surface area contributed by atoms with Crippen LogP contribution in [0.5, 0.6) is 0 Å². The Labute approximate surface area is 180 Å². The SMILES string of the molecule is CC(C)n1ncc2c(C(=O)OCC(=O)NC(=O)c3cccs3)cc(-c3ccco3)nc21. The molecule has 2 amide bonds. The topological polar surface area (TPSA) is 116 Å². The molecule has 158 valence electrons. The van der Waals surface area contributed by atoms with Crippen LogP contribution in [0.25, 0.3) is 22.5 Å². The Balaban J connectivity index is 1.57. The molecule has 0 aromatic carbocycles. The standard InChI is InChI=1S/C21H18N4O5S/c1-12(2)25-19-14(10-22-25)13(9-15(23-19)16-5-3-7-29-16)21(28)30-11-18(26)24-20(27)17-6-4-8-31-17/h3-10,12H,11H2,1-2H3,(H,24,26,27). The normalized spacial score (nSPS) is 11.1. The number of rotatable bonds is 6. The summed E-state index contributed by atoms with van der Waals surface area (Å²) in [6.07, 6.45) is 3.04. The first-order chi connectivity index (χ1) is 14.9. The number of carbonyl (C=O) groups excluding carboxylic acids is 3. The predicted octanol–water partition coefficient (Wildman–Crippen LogP) is 3.45. The third-order valence-electron chi connectivity index (χ3n) is 4.38. The number of carbonyl (C=O) groups is 3. The number of ether oxygens (including phenoxy) is 1. The van der Waals surface area contributed by atoms with E-state index in [9.17, 15) is 14.4 Å². The predicted molar refractivity (Wildman–Crippen MR) is 113 cm³/mol. The molecule has 0 radical (unpaired) electrons. The summed E-state index contributed by atoms with van der Waals surface area (Å²) in [4.78, 5) is 41.8. The Morgan fingerprint density at radius 1 is 1.26 bits per heavy atom. The van der Waals surface area contributed by atoms with Gasteiger partial charge in [-0.2, -0.15) is 5.10 Å². The van der Waals surface area contributed by atoms with Gasteiger partial charge in [0.25, 0.3) is 11.8 Å². The molecule has 4 aromatic heterocycles. The fourth-order valence-corrected chi connectivity index (χ4v) is 3.58. The first-order valence-corrected chi connectivity index (χ1v) is 10.3. The molecular weight excluding hydrogens is 420 g/mol. The Morgan fingerprint density at radius 3 is 2.77 bits per heavy atom. The minimum atomic E-state index is -0.734. The molecule has 0 bridgehead atoms. The highest BCUT2D eigenvalue weighted by Gasteiger charge is 2.21. The Hall–Kier alpha value is -3.79. The van der Waals surface area contributed by atoms with Gasteiger partial charge in [0, 0.05) is 6.04 Å². The van der Waals surface area contributed by atoms with Crippen molar-refractivity contribution in [2.24, 2.45) is 0 Å². The number of nitrogens with zero attached hydrogens (tertiary/aromatic N) is 3.